The number of hydrogen-bond donors (Lipinski definition) is 1. The molecule has 1 spiro atoms. The van der Waals surface area contributed by atoms with Crippen LogP contribution in [-0.4, -0.2) is 102 Å². The van der Waals surface area contributed by atoms with Gasteiger partial charge in [-0.15, -0.1) is 13.2 Å². The van der Waals surface area contributed by atoms with E-state index in [-0.39, 0.29) is 35.7 Å². The molecule has 1 aromatic carbocycles. The Morgan fingerprint density at radius 3 is 2.31 bits per heavy atom. The number of carbonyl (C=O) groups is 3. The molecule has 3 unspecified atom stereocenters. The first-order chi connectivity index (χ1) is 20.2. The van der Waals surface area contributed by atoms with E-state index in [1.165, 1.54) is 0 Å². The van der Waals surface area contributed by atoms with Crippen LogP contribution in [0.25, 0.3) is 0 Å². The monoisotopic (exact) mass is 644 g/mol. The van der Waals surface area contributed by atoms with E-state index in [2.05, 4.69) is 47.8 Å². The number of ether oxygens (including phenoxy) is 1. The summed E-state index contributed by atoms with van der Waals surface area (Å²) in [6, 6.07) is 7.00. The molecule has 230 valence electrons. The van der Waals surface area contributed by atoms with Gasteiger partial charge in [0, 0.05) is 62.6 Å². The fraction of sp³-hybridized carbons (Fsp3) is 0.594. The average Bonchev–Trinajstić information content (AvgIpc) is 3.57. The lowest BCUT2D eigenvalue weighted by Gasteiger charge is -2.37. The third kappa shape index (κ3) is 5.65. The molecule has 3 amide bonds. The molecular formula is C32H45BrN4O5. The minimum Gasteiger partial charge on any atom is -0.396 e. The molecule has 3 aliphatic heterocycles. The Balaban J connectivity index is 1.74. The Labute approximate surface area is 258 Å². The first-order valence-corrected chi connectivity index (χ1v) is 16.0. The summed E-state index contributed by atoms with van der Waals surface area (Å²) in [6.45, 7) is 14.6. The highest BCUT2D eigenvalue weighted by Gasteiger charge is 2.76. The number of carbonyl (C=O) groups excluding carboxylic acids is 3. The first-order valence-electron chi connectivity index (χ1n) is 15.1. The van der Waals surface area contributed by atoms with Crippen LogP contribution in [0.2, 0.25) is 0 Å². The molecule has 4 rings (SSSR count). The van der Waals surface area contributed by atoms with Crippen LogP contribution in [0.15, 0.2) is 49.6 Å². The first kappa shape index (κ1) is 32.2. The molecule has 2 bridgehead atoms. The van der Waals surface area contributed by atoms with E-state index in [0.717, 1.165) is 25.2 Å². The Kier molecular flexibility index (Phi) is 10.5. The summed E-state index contributed by atoms with van der Waals surface area (Å²) in [5.41, 5.74) is 0.657. The van der Waals surface area contributed by atoms with Gasteiger partial charge in [-0.25, -0.2) is 0 Å². The molecule has 0 aliphatic carbocycles. The number of unbranched alkanes of at least 4 members (excludes halogenated alkanes) is 2. The number of nitrogens with zero attached hydrogens (tertiary/aromatic N) is 4. The second kappa shape index (κ2) is 13.7. The Bertz CT molecular complexity index is 1160. The molecule has 3 heterocycles. The normalized spacial score (nSPS) is 27.6. The molecule has 6 atom stereocenters. The number of benzene rings is 1. The number of rotatable bonds is 15. The summed E-state index contributed by atoms with van der Waals surface area (Å²) < 4.78 is 6.66. The zero-order valence-corrected chi connectivity index (χ0v) is 26.7. The van der Waals surface area contributed by atoms with Crippen molar-refractivity contribution in [2.45, 2.75) is 62.1 Å². The molecule has 3 fully saturated rings. The van der Waals surface area contributed by atoms with Crippen LogP contribution >= 0.6 is 15.9 Å². The van der Waals surface area contributed by atoms with Crippen molar-refractivity contribution in [1.82, 2.24) is 9.80 Å². The molecule has 0 aromatic heterocycles. The molecule has 3 saturated heterocycles. The number of anilines is 2. The smallest absolute Gasteiger partial charge is 0.253 e. The molecule has 1 aromatic rings. The van der Waals surface area contributed by atoms with Crippen molar-refractivity contribution in [3.05, 3.63) is 49.6 Å². The van der Waals surface area contributed by atoms with Gasteiger partial charge in [0.25, 0.3) is 5.91 Å². The van der Waals surface area contributed by atoms with Crippen LogP contribution in [0.4, 0.5) is 11.4 Å². The predicted octanol–water partition coefficient (Wildman–Crippen LogP) is 3.61. The van der Waals surface area contributed by atoms with Gasteiger partial charge in [-0.05, 0) is 63.8 Å². The highest BCUT2D eigenvalue weighted by molar-refractivity contribution is 9.09. The highest BCUT2D eigenvalue weighted by atomic mass is 79.9. The molecule has 10 heteroatoms. The highest BCUT2D eigenvalue weighted by Crippen LogP contribution is 2.60. The quantitative estimate of drug-likeness (QED) is 0.178. The molecule has 42 heavy (non-hydrogen) atoms. The molecule has 3 aliphatic rings. The molecule has 0 radical (unpaired) electrons. The third-order valence-corrected chi connectivity index (χ3v) is 9.86. The van der Waals surface area contributed by atoms with Gasteiger partial charge in [0.05, 0.1) is 17.9 Å². The van der Waals surface area contributed by atoms with Crippen LogP contribution in [0, 0.1) is 11.8 Å². The van der Waals surface area contributed by atoms with E-state index in [1.807, 2.05) is 24.3 Å². The van der Waals surface area contributed by atoms with Crippen molar-refractivity contribution in [2.75, 3.05) is 56.2 Å². The van der Waals surface area contributed by atoms with Gasteiger partial charge in [-0.2, -0.15) is 0 Å². The molecule has 1 N–H and O–H groups in total. The summed E-state index contributed by atoms with van der Waals surface area (Å²) >= 11 is 3.74. The predicted molar refractivity (Wildman–Crippen MR) is 169 cm³/mol. The number of aliphatic hydroxyl groups is 1. The second-order valence-corrected chi connectivity index (χ2v) is 12.6. The van der Waals surface area contributed by atoms with E-state index in [9.17, 15) is 19.5 Å². The average molecular weight is 646 g/mol. The van der Waals surface area contributed by atoms with E-state index < -0.39 is 29.6 Å². The van der Waals surface area contributed by atoms with Gasteiger partial charge in [0.15, 0.2) is 0 Å². The Morgan fingerprint density at radius 2 is 1.71 bits per heavy atom. The van der Waals surface area contributed by atoms with E-state index in [1.54, 1.807) is 33.9 Å². The fourth-order valence-corrected chi connectivity index (χ4v) is 8.01. The number of alkyl halides is 1. The summed E-state index contributed by atoms with van der Waals surface area (Å²) in [7, 11) is 1.70. The van der Waals surface area contributed by atoms with Gasteiger partial charge < -0.3 is 29.4 Å². The summed E-state index contributed by atoms with van der Waals surface area (Å²) in [4.78, 5) is 49.6. The van der Waals surface area contributed by atoms with E-state index in [0.29, 0.717) is 38.0 Å². The lowest BCUT2D eigenvalue weighted by atomic mass is 9.70. The SMILES string of the molecule is C=CCN(C)C(=O)[C@H]1[C@H]2C(=O)N(CCCCCO)C(C(=O)N(CC=C)c3ccc(N(CC)CC)cc3)C23CC(Br)[C@@H]1O3. The van der Waals surface area contributed by atoms with Crippen LogP contribution < -0.4 is 9.80 Å². The van der Waals surface area contributed by atoms with Crippen LogP contribution in [0.5, 0.6) is 0 Å². The summed E-state index contributed by atoms with van der Waals surface area (Å²) in [5, 5.41) is 9.30. The maximum atomic E-state index is 14.7. The summed E-state index contributed by atoms with van der Waals surface area (Å²) in [6.07, 6.45) is 5.26. The Hall–Kier alpha value is -2.69. The lowest BCUT2D eigenvalue weighted by Crippen LogP contribution is -2.57. The van der Waals surface area contributed by atoms with Gasteiger partial charge >= 0.3 is 0 Å². The molecule has 0 saturated carbocycles. The standard InChI is InChI=1S/C32H45BrN4O5/c1-6-17-34(5)29(39)25-26-30(40)37(19-11-10-12-20-38)28(32(26)21-24(33)27(25)42-32)31(41)36(18-7-2)23-15-13-22(14-16-23)35(8-3)9-4/h6-7,13-16,24-28,38H,1-2,8-12,17-21H2,3-5H3/t24?,25-,26-,27-,28?,32?/m0/s1. The lowest BCUT2D eigenvalue weighted by molar-refractivity contribution is -0.144. The van der Waals surface area contributed by atoms with E-state index in [4.69, 9.17) is 4.74 Å². The van der Waals surface area contributed by atoms with Crippen molar-refractivity contribution in [2.24, 2.45) is 11.8 Å². The second-order valence-electron chi connectivity index (χ2n) is 11.4. The maximum absolute atomic E-state index is 14.7. The third-order valence-electron chi connectivity index (χ3n) is 9.01. The fourth-order valence-electron chi connectivity index (χ4n) is 7.07. The zero-order chi connectivity index (χ0) is 30.6. The Morgan fingerprint density at radius 1 is 1.07 bits per heavy atom. The topological polar surface area (TPSA) is 93.6 Å². The summed E-state index contributed by atoms with van der Waals surface area (Å²) in [5.74, 6) is -2.07. The molecule has 9 nitrogen and oxygen atoms in total. The number of aliphatic hydroxyl groups excluding tert-OH is 1. The van der Waals surface area contributed by atoms with Crippen LogP contribution in [0.3, 0.4) is 0 Å². The van der Waals surface area contributed by atoms with Gasteiger partial charge in [-0.1, -0.05) is 28.1 Å². The number of likely N-dealkylation sites (N-methyl/N-ethyl adjacent to an activating group) is 1. The minimum absolute atomic E-state index is 0.0712. The van der Waals surface area contributed by atoms with E-state index >= 15 is 0 Å². The largest absolute Gasteiger partial charge is 0.396 e. The van der Waals surface area contributed by atoms with Gasteiger partial charge in [0.2, 0.25) is 11.8 Å². The number of halogens is 1. The van der Waals surface area contributed by atoms with Crippen molar-refractivity contribution in [3.8, 4) is 0 Å². The van der Waals surface area contributed by atoms with Gasteiger partial charge in [-0.3, -0.25) is 14.4 Å². The minimum atomic E-state index is -1.13. The van der Waals surface area contributed by atoms with Crippen LogP contribution in [-0.2, 0) is 19.1 Å². The van der Waals surface area contributed by atoms with Crippen molar-refractivity contribution >= 4 is 45.0 Å². The van der Waals surface area contributed by atoms with Gasteiger partial charge in [0.1, 0.15) is 11.6 Å². The zero-order valence-electron chi connectivity index (χ0n) is 25.1. The van der Waals surface area contributed by atoms with Crippen molar-refractivity contribution < 1.29 is 24.2 Å². The van der Waals surface area contributed by atoms with Crippen LogP contribution in [0.1, 0.15) is 39.5 Å². The van der Waals surface area contributed by atoms with Crippen molar-refractivity contribution in [3.63, 3.8) is 0 Å². The number of hydrogen-bond acceptors (Lipinski definition) is 6. The number of amides is 3. The maximum Gasteiger partial charge on any atom is 0.253 e. The number of likely N-dealkylation sites (tertiary alicyclic amines) is 1. The van der Waals surface area contributed by atoms with Crippen molar-refractivity contribution in [1.29, 1.82) is 0 Å². The number of fused-ring (bicyclic) bond motifs is 1. The molecular weight excluding hydrogens is 600 g/mol.